The standard InChI is InChI=1S/C27H30N2O3/c1-31-26(30)19-11-12-20-22(13-19)29-16-27(14-28-15-27)17-32-23-10-6-5-9-21(23)25(29)24(20)18-7-3-2-4-8-18/h5-6,9-13,18,28H,2-4,7-8,14-17H2,1H3. The Morgan fingerprint density at radius 3 is 2.69 bits per heavy atom. The highest BCUT2D eigenvalue weighted by molar-refractivity contribution is 5.99. The Kier molecular flexibility index (Phi) is 4.76. The maximum absolute atomic E-state index is 12.4. The van der Waals surface area contributed by atoms with Crippen LogP contribution in [0.1, 0.15) is 53.9 Å². The van der Waals surface area contributed by atoms with Crippen molar-refractivity contribution >= 4 is 16.9 Å². The van der Waals surface area contributed by atoms with E-state index in [1.165, 1.54) is 61.4 Å². The minimum Gasteiger partial charge on any atom is -0.492 e. The molecule has 0 atom stereocenters. The van der Waals surface area contributed by atoms with E-state index in [4.69, 9.17) is 9.47 Å². The summed E-state index contributed by atoms with van der Waals surface area (Å²) in [6.45, 7) is 3.48. The molecular weight excluding hydrogens is 400 g/mol. The van der Waals surface area contributed by atoms with Crippen molar-refractivity contribution in [2.24, 2.45) is 5.41 Å². The number of ether oxygens (including phenoxy) is 2. The summed E-state index contributed by atoms with van der Waals surface area (Å²) in [5, 5.41) is 4.74. The van der Waals surface area contributed by atoms with Gasteiger partial charge in [0, 0.05) is 41.5 Å². The van der Waals surface area contributed by atoms with Crippen LogP contribution >= 0.6 is 0 Å². The Morgan fingerprint density at radius 1 is 1.12 bits per heavy atom. The molecule has 1 saturated carbocycles. The molecule has 1 N–H and O–H groups in total. The van der Waals surface area contributed by atoms with E-state index in [0.29, 0.717) is 18.1 Å². The number of hydrogen-bond acceptors (Lipinski definition) is 4. The zero-order chi connectivity index (χ0) is 21.7. The fraction of sp³-hybridized carbons (Fsp3) is 0.444. The van der Waals surface area contributed by atoms with E-state index >= 15 is 0 Å². The molecule has 1 saturated heterocycles. The first kappa shape index (κ1) is 19.9. The first-order valence-corrected chi connectivity index (χ1v) is 11.9. The normalized spacial score (nSPS) is 19.9. The Bertz CT molecular complexity index is 1190. The lowest BCUT2D eigenvalue weighted by molar-refractivity contribution is 0.0600. The van der Waals surface area contributed by atoms with Gasteiger partial charge in [-0.25, -0.2) is 4.79 Å². The number of esters is 1. The average molecular weight is 431 g/mol. The van der Waals surface area contributed by atoms with Gasteiger partial charge in [-0.1, -0.05) is 37.5 Å². The summed E-state index contributed by atoms with van der Waals surface area (Å²) in [7, 11) is 1.45. The molecule has 166 valence electrons. The van der Waals surface area contributed by atoms with Crippen LogP contribution in [0.15, 0.2) is 42.5 Å². The van der Waals surface area contributed by atoms with E-state index in [-0.39, 0.29) is 11.4 Å². The topological polar surface area (TPSA) is 52.5 Å². The molecule has 3 heterocycles. The van der Waals surface area contributed by atoms with Crippen molar-refractivity contribution in [3.05, 3.63) is 53.6 Å². The largest absolute Gasteiger partial charge is 0.492 e. The van der Waals surface area contributed by atoms with Gasteiger partial charge >= 0.3 is 5.97 Å². The summed E-state index contributed by atoms with van der Waals surface area (Å²) in [5.74, 6) is 1.22. The molecule has 5 heteroatoms. The van der Waals surface area contributed by atoms with Crippen molar-refractivity contribution < 1.29 is 14.3 Å². The fourth-order valence-electron chi connectivity index (χ4n) is 5.97. The van der Waals surface area contributed by atoms with Crippen LogP contribution in [0.2, 0.25) is 0 Å². The number of fused-ring (bicyclic) bond motifs is 5. The number of aromatic nitrogens is 1. The molecule has 5 nitrogen and oxygen atoms in total. The van der Waals surface area contributed by atoms with Crippen LogP contribution in [0.25, 0.3) is 22.2 Å². The van der Waals surface area contributed by atoms with Crippen molar-refractivity contribution in [2.45, 2.75) is 44.6 Å². The number of hydrogen-bond donors (Lipinski definition) is 1. The third kappa shape index (κ3) is 3.06. The summed E-state index contributed by atoms with van der Waals surface area (Å²) in [6.07, 6.45) is 6.33. The molecular formula is C27H30N2O3. The van der Waals surface area contributed by atoms with E-state index in [0.717, 1.165) is 30.9 Å². The van der Waals surface area contributed by atoms with Crippen molar-refractivity contribution in [1.29, 1.82) is 0 Å². The number of para-hydroxylation sites is 1. The zero-order valence-electron chi connectivity index (χ0n) is 18.7. The molecule has 6 rings (SSSR count). The maximum atomic E-state index is 12.4. The Balaban J connectivity index is 1.66. The lowest BCUT2D eigenvalue weighted by atomic mass is 9.80. The quantitative estimate of drug-likeness (QED) is 0.573. The SMILES string of the molecule is COC(=O)c1ccc2c(C3CCCCC3)c3n(c2c1)CC1(CNC1)COc1ccccc1-3. The molecule has 3 aliphatic rings. The molecule has 2 aromatic carbocycles. The van der Waals surface area contributed by atoms with E-state index in [1.54, 1.807) is 0 Å². The van der Waals surface area contributed by atoms with E-state index in [1.807, 2.05) is 12.1 Å². The number of benzene rings is 2. The number of nitrogens with one attached hydrogen (secondary N) is 1. The van der Waals surface area contributed by atoms with Crippen LogP contribution in [0.4, 0.5) is 0 Å². The lowest BCUT2D eigenvalue weighted by Crippen LogP contribution is -2.59. The van der Waals surface area contributed by atoms with Gasteiger partial charge in [0.25, 0.3) is 0 Å². The van der Waals surface area contributed by atoms with Crippen molar-refractivity contribution in [1.82, 2.24) is 9.88 Å². The van der Waals surface area contributed by atoms with Gasteiger partial charge in [0.15, 0.2) is 0 Å². The smallest absolute Gasteiger partial charge is 0.337 e. The number of carbonyl (C=O) groups excluding carboxylic acids is 1. The third-order valence-corrected chi connectivity index (χ3v) is 7.71. The molecule has 0 radical (unpaired) electrons. The van der Waals surface area contributed by atoms with E-state index in [2.05, 4.69) is 40.2 Å². The summed E-state index contributed by atoms with van der Waals surface area (Å²) >= 11 is 0. The highest BCUT2D eigenvalue weighted by Gasteiger charge is 2.41. The van der Waals surface area contributed by atoms with Gasteiger partial charge in [-0.2, -0.15) is 0 Å². The zero-order valence-corrected chi connectivity index (χ0v) is 18.7. The van der Waals surface area contributed by atoms with Crippen LogP contribution in [-0.2, 0) is 11.3 Å². The van der Waals surface area contributed by atoms with E-state index in [9.17, 15) is 4.79 Å². The van der Waals surface area contributed by atoms with Gasteiger partial charge < -0.3 is 19.4 Å². The number of methoxy groups -OCH3 is 1. The Morgan fingerprint density at radius 2 is 1.94 bits per heavy atom. The molecule has 1 aliphatic carbocycles. The van der Waals surface area contributed by atoms with Gasteiger partial charge in [0.2, 0.25) is 0 Å². The second-order valence-electron chi connectivity index (χ2n) is 9.80. The van der Waals surface area contributed by atoms with Crippen LogP contribution < -0.4 is 10.1 Å². The number of carbonyl (C=O) groups is 1. The van der Waals surface area contributed by atoms with Crippen molar-refractivity contribution in [3.8, 4) is 17.0 Å². The summed E-state index contributed by atoms with van der Waals surface area (Å²) in [4.78, 5) is 12.4. The van der Waals surface area contributed by atoms with Crippen molar-refractivity contribution in [3.63, 3.8) is 0 Å². The molecule has 1 spiro atoms. The predicted octanol–water partition coefficient (Wildman–Crippen LogP) is 5.12. The highest BCUT2D eigenvalue weighted by atomic mass is 16.5. The van der Waals surface area contributed by atoms with Gasteiger partial charge in [-0.3, -0.25) is 0 Å². The van der Waals surface area contributed by atoms with Crippen LogP contribution in [-0.4, -0.2) is 37.3 Å². The molecule has 32 heavy (non-hydrogen) atoms. The minimum absolute atomic E-state index is 0.0688. The predicted molar refractivity (Wildman–Crippen MR) is 125 cm³/mol. The van der Waals surface area contributed by atoms with Crippen LogP contribution in [0, 0.1) is 5.41 Å². The van der Waals surface area contributed by atoms with Gasteiger partial charge in [0.05, 0.1) is 25.0 Å². The fourth-order valence-corrected chi connectivity index (χ4v) is 5.97. The second-order valence-corrected chi connectivity index (χ2v) is 9.80. The van der Waals surface area contributed by atoms with Crippen LogP contribution in [0.3, 0.4) is 0 Å². The molecule has 0 unspecified atom stereocenters. The second kappa shape index (κ2) is 7.66. The lowest BCUT2D eigenvalue weighted by Gasteiger charge is -2.44. The van der Waals surface area contributed by atoms with E-state index < -0.39 is 0 Å². The number of nitrogens with zero attached hydrogens (tertiary/aromatic N) is 1. The highest BCUT2D eigenvalue weighted by Crippen LogP contribution is 2.48. The average Bonchev–Trinajstić information content (AvgIpc) is 3.12. The molecule has 3 aromatic rings. The molecule has 0 bridgehead atoms. The summed E-state index contributed by atoms with van der Waals surface area (Å²) < 4.78 is 14.0. The van der Waals surface area contributed by atoms with Gasteiger partial charge in [0.1, 0.15) is 5.75 Å². The molecule has 1 aromatic heterocycles. The van der Waals surface area contributed by atoms with Crippen molar-refractivity contribution in [2.75, 3.05) is 26.8 Å². The minimum atomic E-state index is -0.281. The maximum Gasteiger partial charge on any atom is 0.337 e. The first-order chi connectivity index (χ1) is 15.7. The summed E-state index contributed by atoms with van der Waals surface area (Å²) in [5.41, 5.74) is 5.73. The molecule has 0 amide bonds. The molecule has 2 aliphatic heterocycles. The Hall–Kier alpha value is -2.79. The Labute approximate surface area is 188 Å². The van der Waals surface area contributed by atoms with Gasteiger partial charge in [-0.15, -0.1) is 0 Å². The molecule has 2 fully saturated rings. The third-order valence-electron chi connectivity index (χ3n) is 7.71. The summed E-state index contributed by atoms with van der Waals surface area (Å²) in [6, 6.07) is 14.6. The monoisotopic (exact) mass is 430 g/mol. The van der Waals surface area contributed by atoms with Gasteiger partial charge in [-0.05, 0) is 48.6 Å². The van der Waals surface area contributed by atoms with Crippen LogP contribution in [0.5, 0.6) is 5.75 Å². The first-order valence-electron chi connectivity index (χ1n) is 11.9. The number of rotatable bonds is 2.